The Bertz CT molecular complexity index is 516. The minimum absolute atomic E-state index is 0.135. The van der Waals surface area contributed by atoms with E-state index in [2.05, 4.69) is 4.98 Å². The van der Waals surface area contributed by atoms with Crippen LogP contribution in [0.1, 0.15) is 25.0 Å². The van der Waals surface area contributed by atoms with E-state index < -0.39 is 0 Å². The van der Waals surface area contributed by atoms with Crippen LogP contribution in [0.25, 0.3) is 0 Å². The predicted molar refractivity (Wildman–Crippen MR) is 82.7 cm³/mol. The lowest BCUT2D eigenvalue weighted by atomic mass is 9.76. The Balaban J connectivity index is 1.62. The van der Waals surface area contributed by atoms with Crippen molar-refractivity contribution < 1.29 is 14.3 Å². The number of carbonyl (C=O) groups excluding carboxylic acids is 1. The molecule has 0 spiro atoms. The third-order valence-corrected chi connectivity index (χ3v) is 4.82. The fraction of sp³-hybridized carbons (Fsp3) is 0.647. The average molecular weight is 304 g/mol. The van der Waals surface area contributed by atoms with Gasteiger partial charge in [0, 0.05) is 31.3 Å². The molecule has 1 atom stereocenters. The van der Waals surface area contributed by atoms with E-state index >= 15 is 0 Å². The number of aromatic nitrogens is 1. The first kappa shape index (κ1) is 15.3. The highest BCUT2D eigenvalue weighted by atomic mass is 16.5. The van der Waals surface area contributed by atoms with E-state index in [4.69, 9.17) is 9.47 Å². The quantitative estimate of drug-likeness (QED) is 0.852. The summed E-state index contributed by atoms with van der Waals surface area (Å²) in [6.07, 6.45) is 5.91. The molecule has 1 aliphatic heterocycles. The van der Waals surface area contributed by atoms with Gasteiger partial charge in [-0.15, -0.1) is 0 Å². The molecule has 1 aromatic rings. The van der Waals surface area contributed by atoms with Gasteiger partial charge in [-0.1, -0.05) is 19.3 Å². The third-order valence-electron chi connectivity index (χ3n) is 4.82. The number of rotatable bonds is 4. The van der Waals surface area contributed by atoms with Crippen molar-refractivity contribution in [3.05, 3.63) is 24.0 Å². The molecule has 1 aliphatic carbocycles. The van der Waals surface area contributed by atoms with E-state index in [1.807, 2.05) is 11.0 Å². The highest BCUT2D eigenvalue weighted by molar-refractivity contribution is 5.78. The molecular formula is C17H24N2O3. The van der Waals surface area contributed by atoms with Crippen LogP contribution in [0.2, 0.25) is 0 Å². The van der Waals surface area contributed by atoms with Crippen molar-refractivity contribution in [1.29, 1.82) is 0 Å². The van der Waals surface area contributed by atoms with Gasteiger partial charge in [0.15, 0.2) is 0 Å². The van der Waals surface area contributed by atoms with Crippen molar-refractivity contribution in [2.75, 3.05) is 33.4 Å². The summed E-state index contributed by atoms with van der Waals surface area (Å²) >= 11 is 0. The van der Waals surface area contributed by atoms with Crippen molar-refractivity contribution >= 4 is 5.91 Å². The number of ether oxygens (including phenoxy) is 2. The van der Waals surface area contributed by atoms with Crippen LogP contribution in [-0.4, -0.2) is 49.2 Å². The van der Waals surface area contributed by atoms with Crippen molar-refractivity contribution in [2.24, 2.45) is 11.8 Å². The highest BCUT2D eigenvalue weighted by Crippen LogP contribution is 2.34. The maximum Gasteiger partial charge on any atom is 0.228 e. The van der Waals surface area contributed by atoms with Crippen molar-refractivity contribution in [3.8, 4) is 5.75 Å². The second-order valence-electron chi connectivity index (χ2n) is 6.23. The van der Waals surface area contributed by atoms with Crippen molar-refractivity contribution in [3.63, 3.8) is 0 Å². The van der Waals surface area contributed by atoms with Crippen LogP contribution in [0, 0.1) is 11.8 Å². The van der Waals surface area contributed by atoms with Gasteiger partial charge < -0.3 is 14.4 Å². The number of hydrogen-bond donors (Lipinski definition) is 0. The van der Waals surface area contributed by atoms with Gasteiger partial charge >= 0.3 is 0 Å². The summed E-state index contributed by atoms with van der Waals surface area (Å²) in [6.45, 7) is 2.95. The molecule has 0 N–H and O–H groups in total. The van der Waals surface area contributed by atoms with Crippen LogP contribution in [0.4, 0.5) is 0 Å². The monoisotopic (exact) mass is 304 g/mol. The summed E-state index contributed by atoms with van der Waals surface area (Å²) in [5, 5.41) is 0. The second-order valence-corrected chi connectivity index (χ2v) is 6.23. The molecule has 0 aromatic carbocycles. The molecule has 2 heterocycles. The van der Waals surface area contributed by atoms with Crippen LogP contribution in [0.15, 0.2) is 18.3 Å². The number of nitrogens with zero attached hydrogens (tertiary/aromatic N) is 2. The van der Waals surface area contributed by atoms with E-state index in [0.29, 0.717) is 25.5 Å². The second kappa shape index (κ2) is 7.09. The first-order valence-electron chi connectivity index (χ1n) is 8.10. The molecule has 120 valence electrons. The molecule has 1 unspecified atom stereocenters. The maximum absolute atomic E-state index is 12.6. The minimum Gasteiger partial charge on any atom is -0.497 e. The molecule has 2 aliphatic rings. The first-order chi connectivity index (χ1) is 10.8. The van der Waals surface area contributed by atoms with E-state index in [0.717, 1.165) is 30.5 Å². The average Bonchev–Trinajstić information content (AvgIpc) is 2.72. The normalized spacial score (nSPS) is 22.8. The summed E-state index contributed by atoms with van der Waals surface area (Å²) in [6, 6.07) is 3.62. The molecular weight excluding hydrogens is 280 g/mol. The lowest BCUT2D eigenvalue weighted by Gasteiger charge is -2.34. The number of pyridine rings is 1. The lowest BCUT2D eigenvalue weighted by Crippen LogP contribution is -2.40. The largest absolute Gasteiger partial charge is 0.497 e. The maximum atomic E-state index is 12.6. The zero-order valence-corrected chi connectivity index (χ0v) is 13.2. The molecule has 5 heteroatoms. The van der Waals surface area contributed by atoms with E-state index in [9.17, 15) is 4.79 Å². The van der Waals surface area contributed by atoms with Gasteiger partial charge in [-0.2, -0.15) is 0 Å². The molecule has 1 saturated heterocycles. The molecule has 1 aromatic heterocycles. The summed E-state index contributed by atoms with van der Waals surface area (Å²) in [7, 11) is 1.62. The Morgan fingerprint density at radius 2 is 2.32 bits per heavy atom. The first-order valence-corrected chi connectivity index (χ1v) is 8.10. The molecule has 0 radical (unpaired) electrons. The Kier molecular flexibility index (Phi) is 4.93. The standard InChI is InChI=1S/C17H24N2O3/c1-21-16-5-6-18-15(9-16)10-17(20)19-7-8-22-12-14(11-19)13-3-2-4-13/h5-6,9,13-14H,2-4,7-8,10-12H2,1H3. The molecule has 22 heavy (non-hydrogen) atoms. The SMILES string of the molecule is COc1ccnc(CC(=O)N2CCOCC(C3CCC3)C2)c1. The highest BCUT2D eigenvalue weighted by Gasteiger charge is 2.31. The minimum atomic E-state index is 0.135. The Morgan fingerprint density at radius 1 is 1.45 bits per heavy atom. The molecule has 5 nitrogen and oxygen atoms in total. The lowest BCUT2D eigenvalue weighted by molar-refractivity contribution is -0.131. The number of hydrogen-bond acceptors (Lipinski definition) is 4. The number of methoxy groups -OCH3 is 1. The summed E-state index contributed by atoms with van der Waals surface area (Å²) in [5.74, 6) is 2.11. The van der Waals surface area contributed by atoms with Crippen LogP contribution in [0.3, 0.4) is 0 Å². The Labute approximate surface area is 131 Å². The van der Waals surface area contributed by atoms with Gasteiger partial charge in [0.05, 0.1) is 32.4 Å². The van der Waals surface area contributed by atoms with Gasteiger partial charge in [-0.25, -0.2) is 0 Å². The number of amides is 1. The topological polar surface area (TPSA) is 51.7 Å². The zero-order chi connectivity index (χ0) is 15.4. The molecule has 2 fully saturated rings. The van der Waals surface area contributed by atoms with Crippen LogP contribution >= 0.6 is 0 Å². The zero-order valence-electron chi connectivity index (χ0n) is 13.2. The smallest absolute Gasteiger partial charge is 0.228 e. The van der Waals surface area contributed by atoms with Gasteiger partial charge in [-0.3, -0.25) is 9.78 Å². The molecule has 3 rings (SSSR count). The summed E-state index contributed by atoms with van der Waals surface area (Å²) in [5.41, 5.74) is 0.759. The van der Waals surface area contributed by atoms with E-state index in [-0.39, 0.29) is 5.91 Å². The molecule has 1 saturated carbocycles. The molecule has 0 bridgehead atoms. The summed E-state index contributed by atoms with van der Waals surface area (Å²) < 4.78 is 10.9. The van der Waals surface area contributed by atoms with Crippen molar-refractivity contribution in [2.45, 2.75) is 25.7 Å². The van der Waals surface area contributed by atoms with Gasteiger partial charge in [0.1, 0.15) is 5.75 Å². The van der Waals surface area contributed by atoms with Gasteiger partial charge in [-0.05, 0) is 12.0 Å². The summed E-state index contributed by atoms with van der Waals surface area (Å²) in [4.78, 5) is 18.8. The van der Waals surface area contributed by atoms with Crippen LogP contribution in [0.5, 0.6) is 5.75 Å². The van der Waals surface area contributed by atoms with E-state index in [1.165, 1.54) is 19.3 Å². The van der Waals surface area contributed by atoms with Crippen LogP contribution < -0.4 is 4.74 Å². The fourth-order valence-corrected chi connectivity index (χ4v) is 3.21. The third kappa shape index (κ3) is 3.58. The molecule has 1 amide bonds. The van der Waals surface area contributed by atoms with Crippen molar-refractivity contribution in [1.82, 2.24) is 9.88 Å². The Hall–Kier alpha value is -1.62. The fourth-order valence-electron chi connectivity index (χ4n) is 3.21. The van der Waals surface area contributed by atoms with Crippen LogP contribution in [-0.2, 0) is 16.0 Å². The van der Waals surface area contributed by atoms with E-state index in [1.54, 1.807) is 19.4 Å². The number of carbonyl (C=O) groups is 1. The van der Waals surface area contributed by atoms with Gasteiger partial charge in [0.2, 0.25) is 5.91 Å². The van der Waals surface area contributed by atoms with Gasteiger partial charge in [0.25, 0.3) is 0 Å². The Morgan fingerprint density at radius 3 is 3.05 bits per heavy atom. The predicted octanol–water partition coefficient (Wildman–Crippen LogP) is 1.91.